The van der Waals surface area contributed by atoms with Crippen molar-refractivity contribution in [3.8, 4) is 5.75 Å². The number of aromatic nitrogens is 2. The Balaban J connectivity index is 1.30. The number of hydrogen-bond acceptors (Lipinski definition) is 6. The fraction of sp³-hybridized carbons (Fsp3) is 0.320. The molecule has 1 saturated heterocycles. The molecule has 0 radical (unpaired) electrons. The smallest absolute Gasteiger partial charge is 0.227 e. The average molecular weight is 432 g/mol. The van der Waals surface area contributed by atoms with Gasteiger partial charge in [0.05, 0.1) is 7.11 Å². The van der Waals surface area contributed by atoms with Crippen LogP contribution in [0.2, 0.25) is 0 Å². The number of methoxy groups -OCH3 is 1. The highest BCUT2D eigenvalue weighted by Crippen LogP contribution is 2.23. The minimum atomic E-state index is -0.00479. The van der Waals surface area contributed by atoms with E-state index in [2.05, 4.69) is 44.6 Å². The van der Waals surface area contributed by atoms with Gasteiger partial charge in [-0.05, 0) is 44.0 Å². The molecule has 7 nitrogen and oxygen atoms in total. The van der Waals surface area contributed by atoms with Gasteiger partial charge < -0.3 is 20.3 Å². The van der Waals surface area contributed by atoms with Crippen LogP contribution in [0.4, 0.5) is 17.5 Å². The fourth-order valence-corrected chi connectivity index (χ4v) is 3.87. The summed E-state index contributed by atoms with van der Waals surface area (Å²) in [7, 11) is 1.64. The van der Waals surface area contributed by atoms with Gasteiger partial charge in [-0.2, -0.15) is 4.98 Å². The molecule has 0 spiro atoms. The second kappa shape index (κ2) is 10.1. The molecule has 2 heterocycles. The summed E-state index contributed by atoms with van der Waals surface area (Å²) >= 11 is 0. The zero-order valence-electron chi connectivity index (χ0n) is 18.5. The quantitative estimate of drug-likeness (QED) is 0.587. The molecule has 32 heavy (non-hydrogen) atoms. The first kappa shape index (κ1) is 21.6. The maximum Gasteiger partial charge on any atom is 0.227 e. The average Bonchev–Trinajstić information content (AvgIpc) is 2.84. The van der Waals surface area contributed by atoms with Crippen LogP contribution in [0.3, 0.4) is 0 Å². The van der Waals surface area contributed by atoms with Crippen molar-refractivity contribution in [1.29, 1.82) is 0 Å². The van der Waals surface area contributed by atoms with E-state index in [-0.39, 0.29) is 11.8 Å². The van der Waals surface area contributed by atoms with Crippen LogP contribution in [0.25, 0.3) is 0 Å². The largest absolute Gasteiger partial charge is 0.496 e. The zero-order chi connectivity index (χ0) is 22.3. The molecular formula is C25H29N5O2. The lowest BCUT2D eigenvalue weighted by Gasteiger charge is -2.31. The number of rotatable bonds is 7. The Morgan fingerprint density at radius 3 is 2.59 bits per heavy atom. The number of hydrogen-bond donors (Lipinski definition) is 2. The molecule has 0 saturated carbocycles. The van der Waals surface area contributed by atoms with E-state index in [9.17, 15) is 4.79 Å². The number of piperidine rings is 1. The SMILES string of the molecule is COc1ccccc1CNC(=O)C1CCN(c2nccc(Nc3ccc(C)cc3)n2)CC1. The Hall–Kier alpha value is -3.61. The topological polar surface area (TPSA) is 79.4 Å². The fourth-order valence-electron chi connectivity index (χ4n) is 3.87. The number of aryl methyl sites for hydroxylation is 1. The maximum absolute atomic E-state index is 12.7. The Labute approximate surface area is 188 Å². The number of anilines is 3. The summed E-state index contributed by atoms with van der Waals surface area (Å²) < 4.78 is 5.36. The molecule has 1 aliphatic heterocycles. The maximum atomic E-state index is 12.7. The first-order chi connectivity index (χ1) is 15.6. The van der Waals surface area contributed by atoms with Gasteiger partial charge in [0.15, 0.2) is 0 Å². The molecule has 0 aliphatic carbocycles. The summed E-state index contributed by atoms with van der Waals surface area (Å²) in [4.78, 5) is 23.9. The lowest BCUT2D eigenvalue weighted by molar-refractivity contribution is -0.125. The Morgan fingerprint density at radius 2 is 1.84 bits per heavy atom. The van der Waals surface area contributed by atoms with Gasteiger partial charge in [-0.15, -0.1) is 0 Å². The summed E-state index contributed by atoms with van der Waals surface area (Å²) in [5, 5.41) is 6.39. The molecule has 2 N–H and O–H groups in total. The van der Waals surface area contributed by atoms with Crippen molar-refractivity contribution in [3.05, 3.63) is 71.9 Å². The molecule has 1 aromatic heterocycles. The third-order valence-electron chi connectivity index (χ3n) is 5.76. The Bertz CT molecular complexity index is 1050. The predicted molar refractivity (Wildman–Crippen MR) is 126 cm³/mol. The van der Waals surface area contributed by atoms with E-state index in [1.54, 1.807) is 13.3 Å². The number of amides is 1. The highest BCUT2D eigenvalue weighted by molar-refractivity contribution is 5.79. The Kier molecular flexibility index (Phi) is 6.84. The first-order valence-corrected chi connectivity index (χ1v) is 10.9. The van der Waals surface area contributed by atoms with Crippen molar-refractivity contribution in [2.75, 3.05) is 30.4 Å². The molecule has 4 rings (SSSR count). The number of benzene rings is 2. The van der Waals surface area contributed by atoms with Gasteiger partial charge in [-0.1, -0.05) is 35.9 Å². The van der Waals surface area contributed by atoms with Crippen molar-refractivity contribution < 1.29 is 9.53 Å². The van der Waals surface area contributed by atoms with Gasteiger partial charge in [0.25, 0.3) is 0 Å². The number of nitrogens with one attached hydrogen (secondary N) is 2. The lowest BCUT2D eigenvalue weighted by Crippen LogP contribution is -2.41. The molecule has 1 amide bonds. The Morgan fingerprint density at radius 1 is 1.09 bits per heavy atom. The molecule has 1 fully saturated rings. The summed E-state index contributed by atoms with van der Waals surface area (Å²) in [6, 6.07) is 17.8. The lowest BCUT2D eigenvalue weighted by atomic mass is 9.96. The van der Waals surface area contributed by atoms with Crippen LogP contribution in [0.5, 0.6) is 5.75 Å². The minimum Gasteiger partial charge on any atom is -0.496 e. The minimum absolute atomic E-state index is 0.00479. The molecule has 7 heteroatoms. The van der Waals surface area contributed by atoms with Crippen LogP contribution in [0, 0.1) is 12.8 Å². The van der Waals surface area contributed by atoms with Gasteiger partial charge in [-0.25, -0.2) is 4.98 Å². The van der Waals surface area contributed by atoms with E-state index >= 15 is 0 Å². The van der Waals surface area contributed by atoms with E-state index < -0.39 is 0 Å². The summed E-state index contributed by atoms with van der Waals surface area (Å²) in [6.45, 7) is 4.04. The van der Waals surface area contributed by atoms with Crippen molar-refractivity contribution in [3.63, 3.8) is 0 Å². The molecule has 0 unspecified atom stereocenters. The molecule has 2 aromatic carbocycles. The summed E-state index contributed by atoms with van der Waals surface area (Å²) in [6.07, 6.45) is 3.32. The number of carbonyl (C=O) groups excluding carboxylic acids is 1. The van der Waals surface area contributed by atoms with Crippen molar-refractivity contribution >= 4 is 23.4 Å². The highest BCUT2D eigenvalue weighted by Gasteiger charge is 2.26. The molecule has 0 bridgehead atoms. The van der Waals surface area contributed by atoms with Crippen LogP contribution >= 0.6 is 0 Å². The van der Waals surface area contributed by atoms with Gasteiger partial charge in [0.1, 0.15) is 11.6 Å². The van der Waals surface area contributed by atoms with Crippen molar-refractivity contribution in [2.45, 2.75) is 26.3 Å². The van der Waals surface area contributed by atoms with E-state index in [0.717, 1.165) is 48.7 Å². The van der Waals surface area contributed by atoms with Gasteiger partial charge in [0.2, 0.25) is 11.9 Å². The van der Waals surface area contributed by atoms with Crippen LogP contribution in [-0.4, -0.2) is 36.1 Å². The van der Waals surface area contributed by atoms with Gasteiger partial charge in [0, 0.05) is 43.0 Å². The van der Waals surface area contributed by atoms with Gasteiger partial charge in [-0.3, -0.25) is 4.79 Å². The normalized spacial score (nSPS) is 14.1. The number of nitrogens with zero attached hydrogens (tertiary/aromatic N) is 3. The molecule has 0 atom stereocenters. The van der Waals surface area contributed by atoms with E-state index in [4.69, 9.17) is 4.74 Å². The van der Waals surface area contributed by atoms with Gasteiger partial charge >= 0.3 is 0 Å². The summed E-state index contributed by atoms with van der Waals surface area (Å²) in [5.41, 5.74) is 3.19. The molecule has 3 aromatic rings. The van der Waals surface area contributed by atoms with Crippen molar-refractivity contribution in [1.82, 2.24) is 15.3 Å². The number of carbonyl (C=O) groups is 1. The molecular weight excluding hydrogens is 402 g/mol. The summed E-state index contributed by atoms with van der Waals surface area (Å²) in [5.74, 6) is 2.32. The van der Waals surface area contributed by atoms with E-state index in [1.165, 1.54) is 5.56 Å². The van der Waals surface area contributed by atoms with Crippen LogP contribution < -0.4 is 20.3 Å². The number of para-hydroxylation sites is 1. The third-order valence-corrected chi connectivity index (χ3v) is 5.76. The standard InChI is InChI=1S/C25H29N5O2/c1-18-7-9-21(10-8-18)28-23-11-14-26-25(29-23)30-15-12-19(13-16-30)24(31)27-17-20-5-3-4-6-22(20)32-2/h3-11,14,19H,12-13,15-17H2,1-2H3,(H,27,31)(H,26,28,29). The molecule has 166 valence electrons. The number of ether oxygens (including phenoxy) is 1. The predicted octanol–water partition coefficient (Wildman–Crippen LogP) is 4.07. The second-order valence-electron chi connectivity index (χ2n) is 8.02. The van der Waals surface area contributed by atoms with Crippen LogP contribution in [0.1, 0.15) is 24.0 Å². The third kappa shape index (κ3) is 5.35. The van der Waals surface area contributed by atoms with E-state index in [0.29, 0.717) is 12.5 Å². The van der Waals surface area contributed by atoms with Crippen LogP contribution in [-0.2, 0) is 11.3 Å². The van der Waals surface area contributed by atoms with Crippen LogP contribution in [0.15, 0.2) is 60.8 Å². The van der Waals surface area contributed by atoms with Crippen molar-refractivity contribution in [2.24, 2.45) is 5.92 Å². The second-order valence-corrected chi connectivity index (χ2v) is 8.02. The first-order valence-electron chi connectivity index (χ1n) is 10.9. The van der Waals surface area contributed by atoms with E-state index in [1.807, 2.05) is 42.5 Å². The molecule has 1 aliphatic rings. The zero-order valence-corrected chi connectivity index (χ0v) is 18.5. The monoisotopic (exact) mass is 431 g/mol. The highest BCUT2D eigenvalue weighted by atomic mass is 16.5.